The predicted octanol–water partition coefficient (Wildman–Crippen LogP) is 2.15. The zero-order chi connectivity index (χ0) is 10.2. The maximum absolute atomic E-state index is 9.15. The van der Waals surface area contributed by atoms with Crippen LogP contribution in [0.2, 0.25) is 0 Å². The van der Waals surface area contributed by atoms with Gasteiger partial charge in [-0.2, -0.15) is 5.26 Å². The molecule has 0 amide bonds. The predicted molar refractivity (Wildman–Crippen MR) is 57.6 cm³/mol. The Bertz CT molecular complexity index is 371. The van der Waals surface area contributed by atoms with Crippen LogP contribution in [-0.4, -0.2) is 19.1 Å². The summed E-state index contributed by atoms with van der Waals surface area (Å²) in [7, 11) is 3.95. The molecule has 0 N–H and O–H groups in total. The molecule has 3 nitrogen and oxygen atoms in total. The van der Waals surface area contributed by atoms with Gasteiger partial charge in [0.15, 0.2) is 5.13 Å². The van der Waals surface area contributed by atoms with Gasteiger partial charge >= 0.3 is 0 Å². The largest absolute Gasteiger partial charge is 0.354 e. The minimum atomic E-state index is -0.202. The molecule has 1 aliphatic carbocycles. The average Bonchev–Trinajstić information content (AvgIpc) is 2.52. The molecular weight excluding hydrogens is 194 g/mol. The number of aromatic nitrogens is 1. The molecule has 1 heterocycles. The molecule has 0 bridgehead atoms. The maximum Gasteiger partial charge on any atom is 0.185 e. The lowest BCUT2D eigenvalue weighted by atomic mass is 9.69. The van der Waals surface area contributed by atoms with Gasteiger partial charge in [0, 0.05) is 25.2 Å². The van der Waals surface area contributed by atoms with Crippen molar-refractivity contribution >= 4 is 16.5 Å². The van der Waals surface area contributed by atoms with E-state index in [9.17, 15) is 0 Å². The molecule has 1 aromatic rings. The van der Waals surface area contributed by atoms with Gasteiger partial charge in [-0.05, 0) is 19.3 Å². The Balaban J connectivity index is 2.29. The van der Waals surface area contributed by atoms with Crippen LogP contribution in [0.4, 0.5) is 5.13 Å². The van der Waals surface area contributed by atoms with E-state index in [1.54, 1.807) is 11.3 Å². The molecule has 14 heavy (non-hydrogen) atoms. The Labute approximate surface area is 88.0 Å². The molecule has 1 saturated carbocycles. The van der Waals surface area contributed by atoms with Gasteiger partial charge in [0.2, 0.25) is 0 Å². The fourth-order valence-corrected chi connectivity index (χ4v) is 2.67. The molecule has 0 atom stereocenters. The highest BCUT2D eigenvalue weighted by Crippen LogP contribution is 2.46. The van der Waals surface area contributed by atoms with Crippen LogP contribution in [0.5, 0.6) is 0 Å². The standard InChI is InChI=1S/C10H13N3S/c1-13(2)9-12-6-8(14-9)10(7-11)4-3-5-10/h6H,3-5H2,1-2H3. The van der Waals surface area contributed by atoms with Gasteiger partial charge in [-0.15, -0.1) is 11.3 Å². The minimum absolute atomic E-state index is 0.202. The Morgan fingerprint density at radius 3 is 2.64 bits per heavy atom. The van der Waals surface area contributed by atoms with Crippen LogP contribution >= 0.6 is 11.3 Å². The first-order chi connectivity index (χ1) is 6.68. The second-order valence-corrected chi connectivity index (χ2v) is 4.96. The summed E-state index contributed by atoms with van der Waals surface area (Å²) in [5, 5.41) is 10.1. The third-order valence-electron chi connectivity index (χ3n) is 2.77. The number of nitrogens with zero attached hydrogens (tertiary/aromatic N) is 3. The van der Waals surface area contributed by atoms with E-state index in [-0.39, 0.29) is 5.41 Å². The summed E-state index contributed by atoms with van der Waals surface area (Å²) in [6, 6.07) is 2.44. The summed E-state index contributed by atoms with van der Waals surface area (Å²) < 4.78 is 0. The van der Waals surface area contributed by atoms with E-state index < -0.39 is 0 Å². The van der Waals surface area contributed by atoms with E-state index in [1.807, 2.05) is 25.2 Å². The van der Waals surface area contributed by atoms with Gasteiger partial charge in [-0.3, -0.25) is 0 Å². The molecule has 1 aromatic heterocycles. The fourth-order valence-electron chi connectivity index (χ4n) is 1.64. The molecule has 2 rings (SSSR count). The normalized spacial score (nSPS) is 18.4. The van der Waals surface area contributed by atoms with Crippen LogP contribution in [0.15, 0.2) is 6.20 Å². The van der Waals surface area contributed by atoms with Crippen LogP contribution in [0.1, 0.15) is 24.1 Å². The molecule has 0 spiro atoms. The van der Waals surface area contributed by atoms with E-state index in [0.29, 0.717) is 0 Å². The second-order valence-electron chi connectivity index (χ2n) is 3.95. The van der Waals surface area contributed by atoms with Gasteiger partial charge in [0.25, 0.3) is 0 Å². The molecule has 0 saturated heterocycles. The number of thiazole rings is 1. The van der Waals surface area contributed by atoms with Crippen LogP contribution in [0, 0.1) is 11.3 Å². The third kappa shape index (κ3) is 1.28. The molecule has 0 aromatic carbocycles. The van der Waals surface area contributed by atoms with Crippen LogP contribution < -0.4 is 4.90 Å². The molecule has 74 valence electrons. The van der Waals surface area contributed by atoms with Gasteiger partial charge in [-0.25, -0.2) is 4.98 Å². The Hall–Kier alpha value is -1.08. The molecule has 0 radical (unpaired) electrons. The fraction of sp³-hybridized carbons (Fsp3) is 0.600. The van der Waals surface area contributed by atoms with Crippen molar-refractivity contribution in [3.8, 4) is 6.07 Å². The van der Waals surface area contributed by atoms with E-state index in [1.165, 1.54) is 6.42 Å². The highest BCUT2D eigenvalue weighted by Gasteiger charge is 2.40. The van der Waals surface area contributed by atoms with Gasteiger partial charge in [0.05, 0.1) is 11.5 Å². The average molecular weight is 207 g/mol. The number of nitriles is 1. The summed E-state index contributed by atoms with van der Waals surface area (Å²) in [5.74, 6) is 0. The minimum Gasteiger partial charge on any atom is -0.354 e. The van der Waals surface area contributed by atoms with Crippen molar-refractivity contribution in [3.05, 3.63) is 11.1 Å². The van der Waals surface area contributed by atoms with E-state index in [0.717, 1.165) is 22.9 Å². The lowest BCUT2D eigenvalue weighted by molar-refractivity contribution is 0.329. The quantitative estimate of drug-likeness (QED) is 0.746. The van der Waals surface area contributed by atoms with Crippen molar-refractivity contribution in [2.75, 3.05) is 19.0 Å². The van der Waals surface area contributed by atoms with Crippen molar-refractivity contribution in [1.82, 2.24) is 4.98 Å². The zero-order valence-corrected chi connectivity index (χ0v) is 9.27. The first-order valence-corrected chi connectivity index (χ1v) is 5.54. The van der Waals surface area contributed by atoms with Gasteiger partial charge in [-0.1, -0.05) is 0 Å². The number of hydrogen-bond acceptors (Lipinski definition) is 4. The van der Waals surface area contributed by atoms with Crippen molar-refractivity contribution in [3.63, 3.8) is 0 Å². The summed E-state index contributed by atoms with van der Waals surface area (Å²) in [6.07, 6.45) is 5.03. The number of hydrogen-bond donors (Lipinski definition) is 0. The van der Waals surface area contributed by atoms with Crippen LogP contribution in [0.25, 0.3) is 0 Å². The van der Waals surface area contributed by atoms with Gasteiger partial charge < -0.3 is 4.90 Å². The first-order valence-electron chi connectivity index (χ1n) is 4.73. The second kappa shape index (κ2) is 3.25. The zero-order valence-electron chi connectivity index (χ0n) is 8.45. The van der Waals surface area contributed by atoms with E-state index in [2.05, 4.69) is 11.1 Å². The monoisotopic (exact) mass is 207 g/mol. The van der Waals surface area contributed by atoms with Crippen LogP contribution in [-0.2, 0) is 5.41 Å². The number of rotatable bonds is 2. The van der Waals surface area contributed by atoms with E-state index >= 15 is 0 Å². The SMILES string of the molecule is CN(C)c1ncc(C2(C#N)CCC2)s1. The maximum atomic E-state index is 9.15. The molecule has 1 fully saturated rings. The van der Waals surface area contributed by atoms with Crippen LogP contribution in [0.3, 0.4) is 0 Å². The number of anilines is 1. The molecule has 4 heteroatoms. The van der Waals surface area contributed by atoms with Crippen molar-refractivity contribution in [1.29, 1.82) is 5.26 Å². The summed E-state index contributed by atoms with van der Waals surface area (Å²) >= 11 is 1.64. The third-order valence-corrected chi connectivity index (χ3v) is 4.14. The summed E-state index contributed by atoms with van der Waals surface area (Å²) in [6.45, 7) is 0. The van der Waals surface area contributed by atoms with Crippen molar-refractivity contribution in [2.24, 2.45) is 0 Å². The smallest absolute Gasteiger partial charge is 0.185 e. The summed E-state index contributed by atoms with van der Waals surface area (Å²) in [5.41, 5.74) is -0.202. The molecular formula is C10H13N3S. The highest BCUT2D eigenvalue weighted by molar-refractivity contribution is 7.15. The topological polar surface area (TPSA) is 39.9 Å². The summed E-state index contributed by atoms with van der Waals surface area (Å²) in [4.78, 5) is 7.42. The first kappa shape index (κ1) is 9.47. The Kier molecular flexibility index (Phi) is 2.20. The van der Waals surface area contributed by atoms with Gasteiger partial charge in [0.1, 0.15) is 0 Å². The highest BCUT2D eigenvalue weighted by atomic mass is 32.1. The molecule has 1 aliphatic rings. The Morgan fingerprint density at radius 1 is 1.57 bits per heavy atom. The van der Waals surface area contributed by atoms with Crippen molar-refractivity contribution < 1.29 is 0 Å². The molecule has 0 unspecified atom stereocenters. The van der Waals surface area contributed by atoms with Crippen molar-refractivity contribution in [2.45, 2.75) is 24.7 Å². The molecule has 0 aliphatic heterocycles. The lowest BCUT2D eigenvalue weighted by Crippen LogP contribution is -2.31. The Morgan fingerprint density at radius 2 is 2.29 bits per heavy atom. The lowest BCUT2D eigenvalue weighted by Gasteiger charge is -2.33. The van der Waals surface area contributed by atoms with E-state index in [4.69, 9.17) is 5.26 Å².